The fourth-order valence-corrected chi connectivity index (χ4v) is 3.23. The molecule has 1 atom stereocenters. The van der Waals surface area contributed by atoms with E-state index >= 15 is 0 Å². The number of hydrogen-bond acceptors (Lipinski definition) is 2. The van der Waals surface area contributed by atoms with Gasteiger partial charge in [0.1, 0.15) is 0 Å². The quantitative estimate of drug-likeness (QED) is 0.888. The van der Waals surface area contributed by atoms with Gasteiger partial charge < -0.3 is 9.84 Å². The van der Waals surface area contributed by atoms with Gasteiger partial charge in [-0.05, 0) is 61.1 Å². The number of hydrogen-bond donors (Lipinski definition) is 1. The molecule has 1 fully saturated rings. The lowest BCUT2D eigenvalue weighted by molar-refractivity contribution is 0.0435. The molecule has 2 heteroatoms. The monoisotopic (exact) mass is 246 g/mol. The molecule has 1 aliphatic carbocycles. The molecule has 1 saturated heterocycles. The molecule has 1 unspecified atom stereocenters. The van der Waals surface area contributed by atoms with E-state index in [-0.39, 0.29) is 6.10 Å². The summed E-state index contributed by atoms with van der Waals surface area (Å²) in [5, 5.41) is 10.4. The normalized spacial score (nSPS) is 21.8. The molecule has 3 rings (SSSR count). The molecule has 98 valence electrons. The third-order valence-electron chi connectivity index (χ3n) is 4.40. The average Bonchev–Trinajstić information content (AvgIpc) is 2.87. The molecule has 0 spiro atoms. The van der Waals surface area contributed by atoms with Crippen LogP contribution in [-0.2, 0) is 17.6 Å². The summed E-state index contributed by atoms with van der Waals surface area (Å²) in [7, 11) is 0. The van der Waals surface area contributed by atoms with Gasteiger partial charge in [-0.3, -0.25) is 0 Å². The van der Waals surface area contributed by atoms with Crippen LogP contribution in [0.3, 0.4) is 0 Å². The maximum Gasteiger partial charge on any atom is 0.0792 e. The van der Waals surface area contributed by atoms with Gasteiger partial charge in [-0.1, -0.05) is 18.2 Å². The van der Waals surface area contributed by atoms with E-state index in [9.17, 15) is 5.11 Å². The first-order chi connectivity index (χ1) is 8.83. The predicted molar refractivity (Wildman–Crippen MR) is 71.6 cm³/mol. The van der Waals surface area contributed by atoms with Gasteiger partial charge in [0.2, 0.25) is 0 Å². The number of aliphatic hydroxyl groups is 1. The van der Waals surface area contributed by atoms with E-state index in [1.165, 1.54) is 30.4 Å². The predicted octanol–water partition coefficient (Wildman–Crippen LogP) is 3.03. The Kier molecular flexibility index (Phi) is 3.67. The molecule has 0 saturated carbocycles. The van der Waals surface area contributed by atoms with Crippen molar-refractivity contribution in [2.24, 2.45) is 5.92 Å². The summed E-state index contributed by atoms with van der Waals surface area (Å²) in [6.45, 7) is 1.73. The van der Waals surface area contributed by atoms with E-state index < -0.39 is 0 Å². The molecule has 0 amide bonds. The van der Waals surface area contributed by atoms with Gasteiger partial charge in [0.25, 0.3) is 0 Å². The molecular formula is C16H22O2. The maximum absolute atomic E-state index is 10.4. The van der Waals surface area contributed by atoms with Crippen LogP contribution in [-0.4, -0.2) is 18.3 Å². The summed E-state index contributed by atoms with van der Waals surface area (Å²) in [5.74, 6) is 0.627. The molecule has 1 heterocycles. The number of ether oxygens (including phenoxy) is 1. The smallest absolute Gasteiger partial charge is 0.0792 e. The van der Waals surface area contributed by atoms with Crippen molar-refractivity contribution in [3.8, 4) is 0 Å². The molecule has 1 N–H and O–H groups in total. The Hall–Kier alpha value is -0.860. The zero-order valence-corrected chi connectivity index (χ0v) is 10.9. The standard InChI is InChI=1S/C16H22O2/c17-16(10-12-6-8-18-9-7-12)15-5-4-13-2-1-3-14(13)11-15/h4-5,11-12,16-17H,1-3,6-10H2. The topological polar surface area (TPSA) is 29.5 Å². The lowest BCUT2D eigenvalue weighted by Gasteiger charge is -2.24. The van der Waals surface area contributed by atoms with Crippen LogP contribution in [0.1, 0.15) is 48.5 Å². The maximum atomic E-state index is 10.4. The zero-order valence-electron chi connectivity index (χ0n) is 10.9. The zero-order chi connectivity index (χ0) is 12.4. The third kappa shape index (κ3) is 2.60. The number of aryl methyl sites for hydroxylation is 2. The molecular weight excluding hydrogens is 224 g/mol. The second-order valence-corrected chi connectivity index (χ2v) is 5.69. The first-order valence-electron chi connectivity index (χ1n) is 7.20. The number of benzene rings is 1. The lowest BCUT2D eigenvalue weighted by Crippen LogP contribution is -2.18. The highest BCUT2D eigenvalue weighted by molar-refractivity contribution is 5.36. The summed E-state index contributed by atoms with van der Waals surface area (Å²) in [4.78, 5) is 0. The van der Waals surface area contributed by atoms with Crippen LogP contribution in [0.4, 0.5) is 0 Å². The molecule has 1 aromatic carbocycles. The van der Waals surface area contributed by atoms with Crippen molar-refractivity contribution >= 4 is 0 Å². The van der Waals surface area contributed by atoms with Crippen molar-refractivity contribution in [1.82, 2.24) is 0 Å². The van der Waals surface area contributed by atoms with Gasteiger partial charge in [0, 0.05) is 13.2 Å². The first kappa shape index (κ1) is 12.2. The Morgan fingerprint density at radius 1 is 1.17 bits per heavy atom. The Balaban J connectivity index is 1.66. The lowest BCUT2D eigenvalue weighted by atomic mass is 9.90. The van der Waals surface area contributed by atoms with Crippen molar-refractivity contribution < 1.29 is 9.84 Å². The van der Waals surface area contributed by atoms with E-state index in [4.69, 9.17) is 4.74 Å². The van der Waals surface area contributed by atoms with Crippen LogP contribution in [0.25, 0.3) is 0 Å². The highest BCUT2D eigenvalue weighted by Crippen LogP contribution is 2.30. The summed E-state index contributed by atoms with van der Waals surface area (Å²) in [6, 6.07) is 6.56. The van der Waals surface area contributed by atoms with Crippen LogP contribution >= 0.6 is 0 Å². The third-order valence-corrected chi connectivity index (χ3v) is 4.40. The molecule has 1 aromatic rings. The Morgan fingerprint density at radius 3 is 2.78 bits per heavy atom. The average molecular weight is 246 g/mol. The molecule has 2 nitrogen and oxygen atoms in total. The van der Waals surface area contributed by atoms with Crippen LogP contribution in [0, 0.1) is 5.92 Å². The fraction of sp³-hybridized carbons (Fsp3) is 0.625. The van der Waals surface area contributed by atoms with E-state index in [0.717, 1.165) is 38.0 Å². The van der Waals surface area contributed by atoms with Gasteiger partial charge in [0.05, 0.1) is 6.10 Å². The van der Waals surface area contributed by atoms with Gasteiger partial charge in [-0.25, -0.2) is 0 Å². The second-order valence-electron chi connectivity index (χ2n) is 5.69. The van der Waals surface area contributed by atoms with Crippen molar-refractivity contribution in [2.75, 3.05) is 13.2 Å². The summed E-state index contributed by atoms with van der Waals surface area (Å²) >= 11 is 0. The highest BCUT2D eigenvalue weighted by Gasteiger charge is 2.20. The van der Waals surface area contributed by atoms with E-state index in [1.54, 1.807) is 0 Å². The van der Waals surface area contributed by atoms with Crippen molar-refractivity contribution in [3.05, 3.63) is 34.9 Å². The van der Waals surface area contributed by atoms with Gasteiger partial charge >= 0.3 is 0 Å². The minimum atomic E-state index is -0.293. The Bertz CT molecular complexity index is 408. The molecule has 0 aromatic heterocycles. The molecule has 18 heavy (non-hydrogen) atoms. The van der Waals surface area contributed by atoms with Gasteiger partial charge in [0.15, 0.2) is 0 Å². The van der Waals surface area contributed by atoms with Crippen LogP contribution < -0.4 is 0 Å². The van der Waals surface area contributed by atoms with Crippen LogP contribution in [0.5, 0.6) is 0 Å². The van der Waals surface area contributed by atoms with E-state index in [1.807, 2.05) is 0 Å². The molecule has 1 aliphatic heterocycles. The largest absolute Gasteiger partial charge is 0.388 e. The Labute approximate surface area is 109 Å². The van der Waals surface area contributed by atoms with E-state index in [0.29, 0.717) is 5.92 Å². The second kappa shape index (κ2) is 5.41. The molecule has 0 bridgehead atoms. The SMILES string of the molecule is OC(CC1CCOCC1)c1ccc2c(c1)CCC2. The summed E-state index contributed by atoms with van der Waals surface area (Å²) in [6.07, 6.45) is 6.47. The number of rotatable bonds is 3. The molecule has 0 radical (unpaired) electrons. The molecule has 2 aliphatic rings. The van der Waals surface area contributed by atoms with Crippen molar-refractivity contribution in [2.45, 2.75) is 44.6 Å². The van der Waals surface area contributed by atoms with Crippen LogP contribution in [0.15, 0.2) is 18.2 Å². The minimum absolute atomic E-state index is 0.293. The number of fused-ring (bicyclic) bond motifs is 1. The first-order valence-corrected chi connectivity index (χ1v) is 7.20. The summed E-state index contributed by atoms with van der Waals surface area (Å²) in [5.41, 5.74) is 4.05. The minimum Gasteiger partial charge on any atom is -0.388 e. The van der Waals surface area contributed by atoms with Crippen molar-refractivity contribution in [3.63, 3.8) is 0 Å². The van der Waals surface area contributed by atoms with Gasteiger partial charge in [-0.15, -0.1) is 0 Å². The van der Waals surface area contributed by atoms with E-state index in [2.05, 4.69) is 18.2 Å². The van der Waals surface area contributed by atoms with Crippen molar-refractivity contribution in [1.29, 1.82) is 0 Å². The fourth-order valence-electron chi connectivity index (χ4n) is 3.23. The highest BCUT2D eigenvalue weighted by atomic mass is 16.5. The van der Waals surface area contributed by atoms with Crippen LogP contribution in [0.2, 0.25) is 0 Å². The Morgan fingerprint density at radius 2 is 1.94 bits per heavy atom. The van der Waals surface area contributed by atoms with Gasteiger partial charge in [-0.2, -0.15) is 0 Å². The number of aliphatic hydroxyl groups excluding tert-OH is 1. The summed E-state index contributed by atoms with van der Waals surface area (Å²) < 4.78 is 5.37.